The summed E-state index contributed by atoms with van der Waals surface area (Å²) < 4.78 is 24.0. The van der Waals surface area contributed by atoms with E-state index >= 15 is 0 Å². The number of carbonyl (C=O) groups is 1. The van der Waals surface area contributed by atoms with Crippen molar-refractivity contribution in [2.45, 2.75) is 26.1 Å². The molecule has 1 aliphatic heterocycles. The predicted molar refractivity (Wildman–Crippen MR) is 70.6 cm³/mol. The maximum absolute atomic E-state index is 12.9. The molecule has 1 saturated heterocycles. The molecule has 0 radical (unpaired) electrons. The highest BCUT2D eigenvalue weighted by molar-refractivity contribution is 5.93. The van der Waals surface area contributed by atoms with Gasteiger partial charge in [0.15, 0.2) is 5.79 Å². The number of carbonyl (C=O) groups excluding carboxylic acids is 1. The lowest BCUT2D eigenvalue weighted by Gasteiger charge is -2.26. The van der Waals surface area contributed by atoms with Crippen LogP contribution in [0, 0.1) is 11.9 Å². The lowest BCUT2D eigenvalue weighted by Crippen LogP contribution is -2.34. The Kier molecular flexibility index (Phi) is 4.67. The number of hydrogen-bond acceptors (Lipinski definition) is 4. The first kappa shape index (κ1) is 14.9. The standard InChI is InChI=1S/C14H19FN2O3/c1-10(8-14(2)19-5-6-20-14)9-17-13(18)11-3-4-16-12(15)7-11/h3-4,7,10H,5-6,8-9H2,1-2H3,(H,17,18)/t10-/m0/s1. The molecule has 2 rings (SSSR count). The van der Waals surface area contributed by atoms with Crippen LogP contribution in [0.2, 0.25) is 0 Å². The molecule has 1 aliphatic rings. The molecule has 1 fully saturated rings. The minimum atomic E-state index is -0.661. The maximum Gasteiger partial charge on any atom is 0.251 e. The average Bonchev–Trinajstić information content (AvgIpc) is 2.82. The molecule has 2 heterocycles. The van der Waals surface area contributed by atoms with Crippen molar-refractivity contribution < 1.29 is 18.7 Å². The number of hydrogen-bond donors (Lipinski definition) is 1. The van der Waals surface area contributed by atoms with Gasteiger partial charge in [0.25, 0.3) is 5.91 Å². The second-order valence-electron chi connectivity index (χ2n) is 5.22. The van der Waals surface area contributed by atoms with Crippen LogP contribution in [0.25, 0.3) is 0 Å². The molecule has 0 unspecified atom stereocenters. The quantitative estimate of drug-likeness (QED) is 0.836. The SMILES string of the molecule is C[C@H](CNC(=O)c1ccnc(F)c1)CC1(C)OCCO1. The highest BCUT2D eigenvalue weighted by Crippen LogP contribution is 2.26. The van der Waals surface area contributed by atoms with Crippen LogP contribution in [-0.4, -0.2) is 36.4 Å². The van der Waals surface area contributed by atoms with Crippen molar-refractivity contribution in [2.75, 3.05) is 19.8 Å². The Bertz CT molecular complexity index is 475. The van der Waals surface area contributed by atoms with E-state index in [2.05, 4.69) is 10.3 Å². The lowest BCUT2D eigenvalue weighted by atomic mass is 10.0. The lowest BCUT2D eigenvalue weighted by molar-refractivity contribution is -0.153. The first-order valence-corrected chi connectivity index (χ1v) is 6.66. The van der Waals surface area contributed by atoms with Gasteiger partial charge in [-0.05, 0) is 18.9 Å². The molecule has 0 spiro atoms. The molecule has 0 saturated carbocycles. The smallest absolute Gasteiger partial charge is 0.251 e. The van der Waals surface area contributed by atoms with E-state index < -0.39 is 11.7 Å². The minimum absolute atomic E-state index is 0.189. The van der Waals surface area contributed by atoms with Gasteiger partial charge in [-0.25, -0.2) is 4.98 Å². The summed E-state index contributed by atoms with van der Waals surface area (Å²) in [5.41, 5.74) is 0.268. The Morgan fingerprint density at radius 3 is 2.90 bits per heavy atom. The van der Waals surface area contributed by atoms with Crippen molar-refractivity contribution in [3.63, 3.8) is 0 Å². The first-order valence-electron chi connectivity index (χ1n) is 6.66. The van der Waals surface area contributed by atoms with E-state index in [1.165, 1.54) is 12.3 Å². The number of rotatable bonds is 5. The van der Waals surface area contributed by atoms with Crippen LogP contribution in [0.15, 0.2) is 18.3 Å². The van der Waals surface area contributed by atoms with Crippen molar-refractivity contribution in [3.8, 4) is 0 Å². The van der Waals surface area contributed by atoms with Crippen LogP contribution in [-0.2, 0) is 9.47 Å². The van der Waals surface area contributed by atoms with E-state index in [0.717, 1.165) is 6.07 Å². The molecule has 0 bridgehead atoms. The first-order chi connectivity index (χ1) is 9.48. The third-order valence-corrected chi connectivity index (χ3v) is 3.22. The third-order valence-electron chi connectivity index (χ3n) is 3.22. The molecule has 1 atom stereocenters. The Balaban J connectivity index is 1.81. The van der Waals surface area contributed by atoms with Crippen LogP contribution in [0.5, 0.6) is 0 Å². The van der Waals surface area contributed by atoms with Gasteiger partial charge in [-0.3, -0.25) is 4.79 Å². The van der Waals surface area contributed by atoms with Crippen LogP contribution < -0.4 is 5.32 Å². The van der Waals surface area contributed by atoms with Gasteiger partial charge >= 0.3 is 0 Å². The highest BCUT2D eigenvalue weighted by Gasteiger charge is 2.32. The van der Waals surface area contributed by atoms with Gasteiger partial charge in [0, 0.05) is 30.8 Å². The Morgan fingerprint density at radius 2 is 2.25 bits per heavy atom. The van der Waals surface area contributed by atoms with Crippen molar-refractivity contribution in [2.24, 2.45) is 5.92 Å². The van der Waals surface area contributed by atoms with Crippen LogP contribution in [0.3, 0.4) is 0 Å². The average molecular weight is 282 g/mol. The van der Waals surface area contributed by atoms with E-state index in [9.17, 15) is 9.18 Å². The number of pyridine rings is 1. The molecule has 20 heavy (non-hydrogen) atoms. The van der Waals surface area contributed by atoms with Gasteiger partial charge in [-0.1, -0.05) is 6.92 Å². The molecule has 6 heteroatoms. The molecule has 1 aromatic heterocycles. The van der Waals surface area contributed by atoms with Gasteiger partial charge < -0.3 is 14.8 Å². The Morgan fingerprint density at radius 1 is 1.55 bits per heavy atom. The normalized spacial score (nSPS) is 18.8. The fourth-order valence-electron chi connectivity index (χ4n) is 2.29. The Hall–Kier alpha value is -1.53. The minimum Gasteiger partial charge on any atom is -0.352 e. The summed E-state index contributed by atoms with van der Waals surface area (Å²) in [5, 5.41) is 2.77. The summed E-state index contributed by atoms with van der Waals surface area (Å²) in [7, 11) is 0. The van der Waals surface area contributed by atoms with Crippen LogP contribution in [0.4, 0.5) is 4.39 Å². The van der Waals surface area contributed by atoms with Gasteiger partial charge in [0.2, 0.25) is 5.95 Å². The zero-order chi connectivity index (χ0) is 14.6. The third kappa shape index (κ3) is 3.98. The number of halogens is 1. The van der Waals surface area contributed by atoms with Gasteiger partial charge in [0.1, 0.15) is 0 Å². The molecule has 110 valence electrons. The monoisotopic (exact) mass is 282 g/mol. The predicted octanol–water partition coefficient (Wildman–Crippen LogP) is 1.74. The number of amides is 1. The zero-order valence-electron chi connectivity index (χ0n) is 11.7. The van der Waals surface area contributed by atoms with Crippen LogP contribution in [0.1, 0.15) is 30.6 Å². The van der Waals surface area contributed by atoms with E-state index in [4.69, 9.17) is 9.47 Å². The molecule has 1 aromatic rings. The molecular weight excluding hydrogens is 263 g/mol. The maximum atomic E-state index is 12.9. The fraction of sp³-hybridized carbons (Fsp3) is 0.571. The molecule has 5 nitrogen and oxygen atoms in total. The number of ether oxygens (including phenoxy) is 2. The Labute approximate surface area is 117 Å². The highest BCUT2D eigenvalue weighted by atomic mass is 19.1. The van der Waals surface area contributed by atoms with Crippen molar-refractivity contribution in [1.29, 1.82) is 0 Å². The zero-order valence-corrected chi connectivity index (χ0v) is 11.7. The summed E-state index contributed by atoms with van der Waals surface area (Å²) in [6, 6.07) is 2.60. The summed E-state index contributed by atoms with van der Waals surface area (Å²) in [5.74, 6) is -1.34. The molecule has 1 N–H and O–H groups in total. The molecular formula is C14H19FN2O3. The second-order valence-corrected chi connectivity index (χ2v) is 5.22. The van der Waals surface area contributed by atoms with E-state index in [1.807, 2.05) is 13.8 Å². The summed E-state index contributed by atoms with van der Waals surface area (Å²) in [6.45, 7) is 5.59. The molecule has 0 aliphatic carbocycles. The van der Waals surface area contributed by atoms with Crippen molar-refractivity contribution >= 4 is 5.91 Å². The topological polar surface area (TPSA) is 60.5 Å². The molecule has 1 amide bonds. The number of aromatic nitrogens is 1. The van der Waals surface area contributed by atoms with E-state index in [1.54, 1.807) is 0 Å². The summed E-state index contributed by atoms with van der Waals surface area (Å²) in [6.07, 6.45) is 1.97. The van der Waals surface area contributed by atoms with Gasteiger partial charge in [-0.2, -0.15) is 4.39 Å². The van der Waals surface area contributed by atoms with Crippen molar-refractivity contribution in [1.82, 2.24) is 10.3 Å². The van der Waals surface area contributed by atoms with Crippen molar-refractivity contribution in [3.05, 3.63) is 29.8 Å². The number of nitrogens with zero attached hydrogens (tertiary/aromatic N) is 1. The fourth-order valence-corrected chi connectivity index (χ4v) is 2.29. The van der Waals surface area contributed by atoms with E-state index in [0.29, 0.717) is 26.2 Å². The van der Waals surface area contributed by atoms with Gasteiger partial charge in [-0.15, -0.1) is 0 Å². The second kappa shape index (κ2) is 6.28. The number of nitrogens with one attached hydrogen (secondary N) is 1. The van der Waals surface area contributed by atoms with Gasteiger partial charge in [0.05, 0.1) is 13.2 Å². The molecule has 0 aromatic carbocycles. The summed E-state index contributed by atoms with van der Waals surface area (Å²) in [4.78, 5) is 15.3. The largest absolute Gasteiger partial charge is 0.352 e. The van der Waals surface area contributed by atoms with E-state index in [-0.39, 0.29) is 17.4 Å². The van der Waals surface area contributed by atoms with Crippen LogP contribution >= 0.6 is 0 Å². The summed E-state index contributed by atoms with van der Waals surface area (Å²) >= 11 is 0.